The van der Waals surface area contributed by atoms with E-state index in [-0.39, 0.29) is 12.5 Å². The van der Waals surface area contributed by atoms with Gasteiger partial charge in [-0.2, -0.15) is 0 Å². The van der Waals surface area contributed by atoms with Crippen LogP contribution in [0.4, 0.5) is 0 Å². The first-order valence-corrected chi connectivity index (χ1v) is 5.69. The summed E-state index contributed by atoms with van der Waals surface area (Å²) in [5.74, 6) is 0.583. The monoisotopic (exact) mass is 237 g/mol. The lowest BCUT2D eigenvalue weighted by Gasteiger charge is -2.15. The zero-order valence-electron chi connectivity index (χ0n) is 10.5. The number of aliphatic hydroxyl groups excluding tert-OH is 1. The van der Waals surface area contributed by atoms with Crippen molar-refractivity contribution in [1.82, 2.24) is 4.90 Å². The molecule has 0 aliphatic rings. The molecule has 0 bridgehead atoms. The fourth-order valence-electron chi connectivity index (χ4n) is 1.27. The minimum absolute atomic E-state index is 0.0400. The summed E-state index contributed by atoms with van der Waals surface area (Å²) in [5.41, 5.74) is 0.828. The summed E-state index contributed by atoms with van der Waals surface area (Å²) in [7, 11) is 1.74. The van der Waals surface area contributed by atoms with Crippen molar-refractivity contribution in [3.63, 3.8) is 0 Å². The number of hydrogen-bond acceptors (Lipinski definition) is 3. The van der Waals surface area contributed by atoms with Gasteiger partial charge in [0.15, 0.2) is 6.61 Å². The van der Waals surface area contributed by atoms with Crippen LogP contribution in [-0.2, 0) is 4.79 Å². The molecule has 0 aliphatic carbocycles. The normalized spacial score (nSPS) is 12.0. The Morgan fingerprint density at radius 3 is 2.47 bits per heavy atom. The van der Waals surface area contributed by atoms with Crippen molar-refractivity contribution in [2.75, 3.05) is 20.2 Å². The maximum atomic E-state index is 11.5. The highest BCUT2D eigenvalue weighted by molar-refractivity contribution is 5.77. The van der Waals surface area contributed by atoms with Crippen molar-refractivity contribution in [1.29, 1.82) is 0 Å². The van der Waals surface area contributed by atoms with Crippen molar-refractivity contribution in [2.45, 2.75) is 20.0 Å². The fourth-order valence-corrected chi connectivity index (χ4v) is 1.27. The lowest BCUT2D eigenvalue weighted by atomic mass is 10.1. The minimum atomic E-state index is -0.489. The number of amides is 1. The summed E-state index contributed by atoms with van der Waals surface area (Å²) in [6.07, 6.45) is -0.489. The van der Waals surface area contributed by atoms with E-state index in [0.29, 0.717) is 12.3 Å². The van der Waals surface area contributed by atoms with Crippen LogP contribution < -0.4 is 4.74 Å². The Labute approximate surface area is 102 Å². The van der Waals surface area contributed by atoms with Crippen molar-refractivity contribution in [3.05, 3.63) is 29.8 Å². The van der Waals surface area contributed by atoms with Gasteiger partial charge in [0.05, 0.1) is 6.10 Å². The molecule has 1 atom stereocenters. The molecule has 0 radical (unpaired) electrons. The van der Waals surface area contributed by atoms with E-state index in [1.165, 1.54) is 0 Å². The number of aliphatic hydroxyl groups is 1. The largest absolute Gasteiger partial charge is 0.484 e. The first kappa shape index (κ1) is 13.5. The van der Waals surface area contributed by atoms with Crippen LogP contribution in [0.5, 0.6) is 5.75 Å². The van der Waals surface area contributed by atoms with Gasteiger partial charge in [0, 0.05) is 13.6 Å². The number of benzene rings is 1. The van der Waals surface area contributed by atoms with E-state index in [9.17, 15) is 9.90 Å². The molecular formula is C13H19NO3. The molecule has 1 N–H and O–H groups in total. The average Bonchev–Trinajstić information content (AvgIpc) is 2.35. The van der Waals surface area contributed by atoms with Gasteiger partial charge < -0.3 is 14.7 Å². The number of rotatable bonds is 5. The molecule has 0 unspecified atom stereocenters. The highest BCUT2D eigenvalue weighted by atomic mass is 16.5. The van der Waals surface area contributed by atoms with Crippen LogP contribution in [0.15, 0.2) is 24.3 Å². The topological polar surface area (TPSA) is 49.8 Å². The lowest BCUT2D eigenvalue weighted by Crippen LogP contribution is -2.31. The van der Waals surface area contributed by atoms with Gasteiger partial charge in [-0.05, 0) is 31.5 Å². The van der Waals surface area contributed by atoms with Gasteiger partial charge in [0.1, 0.15) is 5.75 Å². The van der Waals surface area contributed by atoms with E-state index >= 15 is 0 Å². The SMILES string of the molecule is CCN(C)C(=O)COc1ccc([C@H](C)O)cc1. The molecule has 1 aromatic carbocycles. The van der Waals surface area contributed by atoms with E-state index in [4.69, 9.17) is 4.74 Å². The van der Waals surface area contributed by atoms with Crippen LogP contribution in [0, 0.1) is 0 Å². The molecule has 1 amide bonds. The average molecular weight is 237 g/mol. The summed E-state index contributed by atoms with van der Waals surface area (Å²) in [6.45, 7) is 4.33. The Balaban J connectivity index is 2.50. The summed E-state index contributed by atoms with van der Waals surface area (Å²) in [5, 5.41) is 9.34. The second-order valence-corrected chi connectivity index (χ2v) is 3.94. The molecular weight excluding hydrogens is 218 g/mol. The number of carbonyl (C=O) groups excluding carboxylic acids is 1. The molecule has 0 aromatic heterocycles. The Morgan fingerprint density at radius 2 is 2.00 bits per heavy atom. The highest BCUT2D eigenvalue weighted by Gasteiger charge is 2.07. The molecule has 0 spiro atoms. The quantitative estimate of drug-likeness (QED) is 0.846. The molecule has 1 aromatic rings. The zero-order chi connectivity index (χ0) is 12.8. The predicted octanol–water partition coefficient (Wildman–Crippen LogP) is 1.60. The molecule has 17 heavy (non-hydrogen) atoms. The Kier molecular flexibility index (Phi) is 4.97. The molecule has 0 aliphatic heterocycles. The van der Waals surface area contributed by atoms with Gasteiger partial charge in [-0.15, -0.1) is 0 Å². The van der Waals surface area contributed by atoms with Gasteiger partial charge in [-0.1, -0.05) is 12.1 Å². The minimum Gasteiger partial charge on any atom is -0.484 e. The van der Waals surface area contributed by atoms with Crippen molar-refractivity contribution in [3.8, 4) is 5.75 Å². The van der Waals surface area contributed by atoms with E-state index < -0.39 is 6.10 Å². The number of carbonyl (C=O) groups is 1. The zero-order valence-corrected chi connectivity index (χ0v) is 10.5. The molecule has 4 nitrogen and oxygen atoms in total. The van der Waals surface area contributed by atoms with Crippen LogP contribution in [-0.4, -0.2) is 36.1 Å². The van der Waals surface area contributed by atoms with Crippen LogP contribution in [0.2, 0.25) is 0 Å². The van der Waals surface area contributed by atoms with Gasteiger partial charge >= 0.3 is 0 Å². The number of nitrogens with zero attached hydrogens (tertiary/aromatic N) is 1. The Morgan fingerprint density at radius 1 is 1.41 bits per heavy atom. The lowest BCUT2D eigenvalue weighted by molar-refractivity contribution is -0.131. The van der Waals surface area contributed by atoms with Crippen LogP contribution in [0.25, 0.3) is 0 Å². The Bertz CT molecular complexity index is 359. The number of ether oxygens (including phenoxy) is 1. The summed E-state index contributed by atoms with van der Waals surface area (Å²) in [4.78, 5) is 13.1. The standard InChI is InChI=1S/C13H19NO3/c1-4-14(3)13(16)9-17-12-7-5-11(6-8-12)10(2)15/h5-8,10,15H,4,9H2,1-3H3/t10-/m0/s1. The van der Waals surface area contributed by atoms with Gasteiger partial charge in [0.25, 0.3) is 5.91 Å². The molecule has 0 heterocycles. The third-order valence-electron chi connectivity index (χ3n) is 2.62. The van der Waals surface area contributed by atoms with E-state index in [1.54, 1.807) is 43.1 Å². The van der Waals surface area contributed by atoms with E-state index in [2.05, 4.69) is 0 Å². The van der Waals surface area contributed by atoms with E-state index in [0.717, 1.165) is 5.56 Å². The maximum absolute atomic E-state index is 11.5. The molecule has 0 fully saturated rings. The second kappa shape index (κ2) is 6.25. The number of likely N-dealkylation sites (N-methyl/N-ethyl adjacent to an activating group) is 1. The van der Waals surface area contributed by atoms with Crippen molar-refractivity contribution < 1.29 is 14.6 Å². The van der Waals surface area contributed by atoms with Gasteiger partial charge in [-0.25, -0.2) is 0 Å². The first-order chi connectivity index (χ1) is 8.04. The predicted molar refractivity (Wildman–Crippen MR) is 65.9 cm³/mol. The molecule has 0 saturated carbocycles. The van der Waals surface area contributed by atoms with Crippen LogP contribution in [0.1, 0.15) is 25.5 Å². The van der Waals surface area contributed by atoms with Crippen molar-refractivity contribution in [2.24, 2.45) is 0 Å². The smallest absolute Gasteiger partial charge is 0.260 e. The van der Waals surface area contributed by atoms with Gasteiger partial charge in [-0.3, -0.25) is 4.79 Å². The fraction of sp³-hybridized carbons (Fsp3) is 0.462. The Hall–Kier alpha value is -1.55. The second-order valence-electron chi connectivity index (χ2n) is 3.94. The number of hydrogen-bond donors (Lipinski definition) is 1. The van der Waals surface area contributed by atoms with Crippen molar-refractivity contribution >= 4 is 5.91 Å². The van der Waals surface area contributed by atoms with Gasteiger partial charge in [0.2, 0.25) is 0 Å². The summed E-state index contributed by atoms with van der Waals surface area (Å²) in [6, 6.07) is 7.07. The summed E-state index contributed by atoms with van der Waals surface area (Å²) < 4.78 is 5.35. The molecule has 0 saturated heterocycles. The third-order valence-corrected chi connectivity index (χ3v) is 2.62. The molecule has 4 heteroatoms. The van der Waals surface area contributed by atoms with Crippen LogP contribution in [0.3, 0.4) is 0 Å². The highest BCUT2D eigenvalue weighted by Crippen LogP contribution is 2.17. The summed E-state index contributed by atoms with van der Waals surface area (Å²) >= 11 is 0. The van der Waals surface area contributed by atoms with E-state index in [1.807, 2.05) is 6.92 Å². The first-order valence-electron chi connectivity index (χ1n) is 5.69. The molecule has 1 rings (SSSR count). The van der Waals surface area contributed by atoms with Crippen LogP contribution >= 0.6 is 0 Å². The molecule has 94 valence electrons. The third kappa shape index (κ3) is 4.07. The maximum Gasteiger partial charge on any atom is 0.260 e.